The standard InChI is InChI=1S/C22H20ClNO5/c1-4-9-28-16-7-5-12(10-17(16)27-3)19-18-20(25)14-11-13(23)6-8-15(14)29-21(18)22(26)24(19)2/h5-8,10-11,19H,4,9H2,1-3H3/t19-/m0/s1. The zero-order valence-corrected chi connectivity index (χ0v) is 17.1. The molecule has 4 rings (SSSR count). The van der Waals surface area contributed by atoms with E-state index in [2.05, 4.69) is 0 Å². The van der Waals surface area contributed by atoms with Crippen LogP contribution in [0.5, 0.6) is 11.5 Å². The van der Waals surface area contributed by atoms with Crippen LogP contribution in [0, 0.1) is 0 Å². The Balaban J connectivity index is 1.89. The third-order valence-corrected chi connectivity index (χ3v) is 5.26. The van der Waals surface area contributed by atoms with Gasteiger partial charge in [-0.1, -0.05) is 24.6 Å². The van der Waals surface area contributed by atoms with Crippen LogP contribution in [0.15, 0.2) is 45.6 Å². The monoisotopic (exact) mass is 413 g/mol. The van der Waals surface area contributed by atoms with E-state index in [1.807, 2.05) is 13.0 Å². The van der Waals surface area contributed by atoms with E-state index in [0.717, 1.165) is 12.0 Å². The summed E-state index contributed by atoms with van der Waals surface area (Å²) in [5.74, 6) is 0.868. The lowest BCUT2D eigenvalue weighted by molar-refractivity contribution is 0.0771. The first-order valence-corrected chi connectivity index (χ1v) is 9.68. The number of halogens is 1. The van der Waals surface area contributed by atoms with Gasteiger partial charge in [0.15, 0.2) is 16.9 Å². The third kappa shape index (κ3) is 3.13. The van der Waals surface area contributed by atoms with E-state index in [0.29, 0.717) is 39.7 Å². The quantitative estimate of drug-likeness (QED) is 0.619. The van der Waals surface area contributed by atoms with Crippen LogP contribution in [0.25, 0.3) is 11.0 Å². The highest BCUT2D eigenvalue weighted by molar-refractivity contribution is 6.31. The average Bonchev–Trinajstić information content (AvgIpc) is 2.98. The van der Waals surface area contributed by atoms with Crippen molar-refractivity contribution in [2.45, 2.75) is 19.4 Å². The van der Waals surface area contributed by atoms with Crippen molar-refractivity contribution in [3.63, 3.8) is 0 Å². The van der Waals surface area contributed by atoms with Gasteiger partial charge in [-0.05, 0) is 42.3 Å². The smallest absolute Gasteiger partial charge is 0.290 e. The number of nitrogens with zero attached hydrogens (tertiary/aromatic N) is 1. The second-order valence-corrected chi connectivity index (χ2v) is 7.33. The van der Waals surface area contributed by atoms with Gasteiger partial charge in [0.2, 0.25) is 5.76 Å². The number of rotatable bonds is 5. The Labute approximate surface area is 172 Å². The molecule has 3 aromatic rings. The fraction of sp³-hybridized carbons (Fsp3) is 0.273. The number of carbonyl (C=O) groups is 1. The van der Waals surface area contributed by atoms with Crippen molar-refractivity contribution in [1.82, 2.24) is 4.90 Å². The summed E-state index contributed by atoms with van der Waals surface area (Å²) in [5.41, 5.74) is 1.10. The molecule has 29 heavy (non-hydrogen) atoms. The van der Waals surface area contributed by atoms with Crippen LogP contribution < -0.4 is 14.9 Å². The fourth-order valence-electron chi connectivity index (χ4n) is 3.64. The van der Waals surface area contributed by atoms with E-state index >= 15 is 0 Å². The summed E-state index contributed by atoms with van der Waals surface area (Å²) in [5, 5.41) is 0.775. The highest BCUT2D eigenvalue weighted by Crippen LogP contribution is 2.40. The van der Waals surface area contributed by atoms with Gasteiger partial charge in [0, 0.05) is 12.1 Å². The van der Waals surface area contributed by atoms with Crippen molar-refractivity contribution >= 4 is 28.5 Å². The van der Waals surface area contributed by atoms with E-state index in [4.69, 9.17) is 25.5 Å². The van der Waals surface area contributed by atoms with Crippen LogP contribution in [0.1, 0.15) is 41.1 Å². The lowest BCUT2D eigenvalue weighted by Gasteiger charge is -2.21. The number of hydrogen-bond donors (Lipinski definition) is 0. The maximum Gasteiger partial charge on any atom is 0.290 e. The molecular formula is C22H20ClNO5. The number of carbonyl (C=O) groups excluding carboxylic acids is 1. The number of benzene rings is 2. The molecule has 1 aliphatic rings. The zero-order valence-electron chi connectivity index (χ0n) is 16.3. The SMILES string of the molecule is CCCOc1ccc([C@H]2c3c(oc4ccc(Cl)cc4c3=O)C(=O)N2C)cc1OC. The molecule has 1 aliphatic heterocycles. The van der Waals surface area contributed by atoms with Crippen LogP contribution in [0.4, 0.5) is 0 Å². The van der Waals surface area contributed by atoms with E-state index in [-0.39, 0.29) is 17.1 Å². The Morgan fingerprint density at radius 2 is 1.93 bits per heavy atom. The van der Waals surface area contributed by atoms with Gasteiger partial charge in [0.25, 0.3) is 5.91 Å². The van der Waals surface area contributed by atoms with Gasteiger partial charge in [0.05, 0.1) is 30.7 Å². The molecule has 2 aromatic carbocycles. The van der Waals surface area contributed by atoms with Gasteiger partial charge in [-0.2, -0.15) is 0 Å². The molecule has 0 bridgehead atoms. The molecule has 0 unspecified atom stereocenters. The Bertz CT molecular complexity index is 1170. The summed E-state index contributed by atoms with van der Waals surface area (Å²) in [6.07, 6.45) is 0.870. The number of hydrogen-bond acceptors (Lipinski definition) is 5. The first kappa shape index (κ1) is 19.3. The molecule has 0 saturated heterocycles. The normalized spacial score (nSPS) is 15.7. The van der Waals surface area contributed by atoms with Gasteiger partial charge >= 0.3 is 0 Å². The van der Waals surface area contributed by atoms with Crippen molar-refractivity contribution in [3.8, 4) is 11.5 Å². The average molecular weight is 414 g/mol. The second-order valence-electron chi connectivity index (χ2n) is 6.89. The first-order chi connectivity index (χ1) is 14.0. The minimum Gasteiger partial charge on any atom is -0.493 e. The molecule has 0 saturated carbocycles. The van der Waals surface area contributed by atoms with Crippen LogP contribution >= 0.6 is 11.6 Å². The minimum absolute atomic E-state index is 0.0580. The molecule has 150 valence electrons. The predicted octanol–water partition coefficient (Wildman–Crippen LogP) is 4.42. The van der Waals surface area contributed by atoms with E-state index in [1.54, 1.807) is 44.5 Å². The molecule has 7 heteroatoms. The highest BCUT2D eigenvalue weighted by Gasteiger charge is 2.41. The zero-order chi connectivity index (χ0) is 20.7. The Morgan fingerprint density at radius 3 is 2.66 bits per heavy atom. The molecular weight excluding hydrogens is 394 g/mol. The molecule has 0 aliphatic carbocycles. The van der Waals surface area contributed by atoms with E-state index in [1.165, 1.54) is 4.90 Å². The van der Waals surface area contributed by atoms with E-state index in [9.17, 15) is 9.59 Å². The Kier molecular flexibility index (Phi) is 4.96. The molecule has 6 nitrogen and oxygen atoms in total. The lowest BCUT2D eigenvalue weighted by Crippen LogP contribution is -2.25. The molecule has 2 heterocycles. The summed E-state index contributed by atoms with van der Waals surface area (Å²) >= 11 is 6.06. The molecule has 0 spiro atoms. The van der Waals surface area contributed by atoms with Crippen molar-refractivity contribution < 1.29 is 18.7 Å². The summed E-state index contributed by atoms with van der Waals surface area (Å²) < 4.78 is 17.0. The van der Waals surface area contributed by atoms with Gasteiger partial charge in [0.1, 0.15) is 5.58 Å². The molecule has 0 N–H and O–H groups in total. The Hall–Kier alpha value is -2.99. The van der Waals surface area contributed by atoms with Gasteiger partial charge in [-0.15, -0.1) is 0 Å². The molecule has 1 atom stereocenters. The number of ether oxygens (including phenoxy) is 2. The summed E-state index contributed by atoms with van der Waals surface area (Å²) in [6.45, 7) is 2.59. The summed E-state index contributed by atoms with van der Waals surface area (Å²) in [6, 6.07) is 9.61. The number of methoxy groups -OCH3 is 1. The van der Waals surface area contributed by atoms with Gasteiger partial charge in [-0.25, -0.2) is 0 Å². The molecule has 1 aromatic heterocycles. The Morgan fingerprint density at radius 1 is 1.14 bits per heavy atom. The van der Waals surface area contributed by atoms with Crippen LogP contribution in [0.3, 0.4) is 0 Å². The van der Waals surface area contributed by atoms with Crippen LogP contribution in [0.2, 0.25) is 5.02 Å². The largest absolute Gasteiger partial charge is 0.493 e. The summed E-state index contributed by atoms with van der Waals surface area (Å²) in [4.78, 5) is 27.6. The van der Waals surface area contributed by atoms with Crippen molar-refractivity contribution in [3.05, 3.63) is 68.5 Å². The van der Waals surface area contributed by atoms with Crippen molar-refractivity contribution in [2.75, 3.05) is 20.8 Å². The molecule has 1 amide bonds. The maximum atomic E-state index is 13.3. The lowest BCUT2D eigenvalue weighted by atomic mass is 9.98. The van der Waals surface area contributed by atoms with Crippen LogP contribution in [-0.2, 0) is 0 Å². The fourth-order valence-corrected chi connectivity index (χ4v) is 3.81. The third-order valence-electron chi connectivity index (χ3n) is 5.03. The van der Waals surface area contributed by atoms with Crippen LogP contribution in [-0.4, -0.2) is 31.6 Å². The molecule has 0 radical (unpaired) electrons. The van der Waals surface area contributed by atoms with Gasteiger partial charge < -0.3 is 18.8 Å². The van der Waals surface area contributed by atoms with E-state index < -0.39 is 6.04 Å². The predicted molar refractivity (Wildman–Crippen MR) is 110 cm³/mol. The van der Waals surface area contributed by atoms with Crippen molar-refractivity contribution in [2.24, 2.45) is 0 Å². The topological polar surface area (TPSA) is 69.0 Å². The number of fused-ring (bicyclic) bond motifs is 2. The van der Waals surface area contributed by atoms with Gasteiger partial charge in [-0.3, -0.25) is 9.59 Å². The molecule has 0 fully saturated rings. The minimum atomic E-state index is -0.591. The second kappa shape index (κ2) is 7.44. The first-order valence-electron chi connectivity index (χ1n) is 9.30. The summed E-state index contributed by atoms with van der Waals surface area (Å²) in [7, 11) is 3.20. The van der Waals surface area contributed by atoms with Crippen molar-refractivity contribution in [1.29, 1.82) is 0 Å². The highest BCUT2D eigenvalue weighted by atomic mass is 35.5. The number of amides is 1. The maximum absolute atomic E-state index is 13.3.